The summed E-state index contributed by atoms with van der Waals surface area (Å²) in [6.07, 6.45) is 12.2. The van der Waals surface area contributed by atoms with E-state index in [-0.39, 0.29) is 17.4 Å². The number of nitrogens with one attached hydrogen (secondary N) is 2. The molecule has 5 rings (SSSR count). The molecule has 2 aliphatic heterocycles. The number of morpholine rings is 1. The monoisotopic (exact) mass is 474 g/mol. The lowest BCUT2D eigenvalue weighted by Crippen LogP contribution is -2.50. The molecular weight excluding hydrogens is 436 g/mol. The molecule has 35 heavy (non-hydrogen) atoms. The van der Waals surface area contributed by atoms with E-state index in [4.69, 9.17) is 4.74 Å². The fourth-order valence-corrected chi connectivity index (χ4v) is 6.24. The highest BCUT2D eigenvalue weighted by Crippen LogP contribution is 2.47. The molecular formula is C29H38N4O2. The van der Waals surface area contributed by atoms with Crippen LogP contribution in [0.4, 0.5) is 5.69 Å². The maximum absolute atomic E-state index is 13.1. The van der Waals surface area contributed by atoms with E-state index in [2.05, 4.69) is 59.7 Å². The number of carbonyl (C=O) groups is 1. The highest BCUT2D eigenvalue weighted by molar-refractivity contribution is 6.05. The predicted octanol–water partition coefficient (Wildman–Crippen LogP) is 4.95. The first-order valence-corrected chi connectivity index (χ1v) is 13.2. The molecule has 2 heterocycles. The maximum Gasteiger partial charge on any atom is 0.271 e. The van der Waals surface area contributed by atoms with Crippen LogP contribution in [-0.2, 0) is 15.1 Å². The Morgan fingerprint density at radius 2 is 1.97 bits per heavy atom. The number of amides is 1. The zero-order valence-electron chi connectivity index (χ0n) is 21.2. The third-order valence-electron chi connectivity index (χ3n) is 8.46. The van der Waals surface area contributed by atoms with Gasteiger partial charge in [0.2, 0.25) is 0 Å². The van der Waals surface area contributed by atoms with Crippen molar-refractivity contribution in [3.8, 4) is 6.07 Å². The third-order valence-corrected chi connectivity index (χ3v) is 8.46. The zero-order chi connectivity index (χ0) is 24.5. The quantitative estimate of drug-likeness (QED) is 0.632. The summed E-state index contributed by atoms with van der Waals surface area (Å²) >= 11 is 0. The van der Waals surface area contributed by atoms with Gasteiger partial charge in [0.1, 0.15) is 0 Å². The van der Waals surface area contributed by atoms with E-state index >= 15 is 0 Å². The van der Waals surface area contributed by atoms with Crippen LogP contribution >= 0.6 is 0 Å². The van der Waals surface area contributed by atoms with Crippen molar-refractivity contribution in [2.24, 2.45) is 11.3 Å². The standard InChI is InChI=1S/C29H38N4O2/c1-28(2)11-7-22(8-12-28)24-18-23(29(9-3-4-10-29)33-13-15-35-16-14-33)5-6-25(24)32-27(34)26-17-21(19-30)20-31-26/h5-7,17-18,21,31H,3-4,8-16,20H2,1-2H3,(H,32,34). The van der Waals surface area contributed by atoms with E-state index in [0.29, 0.717) is 17.7 Å². The van der Waals surface area contributed by atoms with Gasteiger partial charge in [-0.05, 0) is 66.9 Å². The molecule has 2 aliphatic carbocycles. The van der Waals surface area contributed by atoms with Crippen molar-refractivity contribution in [1.82, 2.24) is 10.2 Å². The van der Waals surface area contributed by atoms with Gasteiger partial charge in [0.15, 0.2) is 0 Å². The van der Waals surface area contributed by atoms with E-state index in [1.54, 1.807) is 6.08 Å². The first-order valence-electron chi connectivity index (χ1n) is 13.2. The fourth-order valence-electron chi connectivity index (χ4n) is 6.24. The summed E-state index contributed by atoms with van der Waals surface area (Å²) < 4.78 is 5.68. The lowest BCUT2D eigenvalue weighted by atomic mass is 9.76. The van der Waals surface area contributed by atoms with Crippen LogP contribution in [-0.4, -0.2) is 43.7 Å². The van der Waals surface area contributed by atoms with Crippen molar-refractivity contribution in [3.63, 3.8) is 0 Å². The number of anilines is 1. The lowest BCUT2D eigenvalue weighted by Gasteiger charge is -2.44. The van der Waals surface area contributed by atoms with Crippen LogP contribution in [0.3, 0.4) is 0 Å². The lowest BCUT2D eigenvalue weighted by molar-refractivity contribution is -0.113. The van der Waals surface area contributed by atoms with Crippen LogP contribution in [0, 0.1) is 22.7 Å². The molecule has 0 radical (unpaired) electrons. The first kappa shape index (κ1) is 24.1. The van der Waals surface area contributed by atoms with Gasteiger partial charge in [0, 0.05) is 36.4 Å². The summed E-state index contributed by atoms with van der Waals surface area (Å²) in [5, 5.41) is 15.4. The number of hydrogen-bond donors (Lipinski definition) is 2. The van der Waals surface area contributed by atoms with Crippen LogP contribution in [0.15, 0.2) is 36.0 Å². The summed E-state index contributed by atoms with van der Waals surface area (Å²) in [4.78, 5) is 15.7. The topological polar surface area (TPSA) is 77.4 Å². The Kier molecular flexibility index (Phi) is 6.74. The molecule has 1 unspecified atom stereocenters. The normalized spacial score (nSPS) is 25.8. The van der Waals surface area contributed by atoms with Crippen molar-refractivity contribution in [3.05, 3.63) is 47.2 Å². The molecule has 1 atom stereocenters. The van der Waals surface area contributed by atoms with E-state index in [0.717, 1.165) is 56.8 Å². The first-order chi connectivity index (χ1) is 16.9. The molecule has 1 aromatic carbocycles. The van der Waals surface area contributed by atoms with Crippen molar-refractivity contribution < 1.29 is 9.53 Å². The minimum atomic E-state index is -0.253. The number of carbonyl (C=O) groups excluding carboxylic acids is 1. The van der Waals surface area contributed by atoms with Crippen LogP contribution in [0.5, 0.6) is 0 Å². The molecule has 1 aromatic rings. The molecule has 0 aromatic heterocycles. The largest absolute Gasteiger partial charge is 0.379 e. The van der Waals surface area contributed by atoms with E-state index in [9.17, 15) is 10.1 Å². The van der Waals surface area contributed by atoms with Crippen LogP contribution < -0.4 is 10.6 Å². The van der Waals surface area contributed by atoms with Gasteiger partial charge < -0.3 is 15.4 Å². The van der Waals surface area contributed by atoms with Crippen molar-refractivity contribution in [2.45, 2.75) is 64.3 Å². The number of rotatable bonds is 5. The summed E-state index contributed by atoms with van der Waals surface area (Å²) in [5.74, 6) is -0.422. The second-order valence-corrected chi connectivity index (χ2v) is 11.3. The summed E-state index contributed by atoms with van der Waals surface area (Å²) in [7, 11) is 0. The fraction of sp³-hybridized carbons (Fsp3) is 0.586. The molecule has 1 amide bonds. The summed E-state index contributed by atoms with van der Waals surface area (Å²) in [6.45, 7) is 8.70. The van der Waals surface area contributed by atoms with Crippen molar-refractivity contribution in [1.29, 1.82) is 5.26 Å². The number of allylic oxidation sites excluding steroid dienone is 2. The molecule has 186 valence electrons. The average Bonchev–Trinajstić information content (AvgIpc) is 3.56. The Morgan fingerprint density at radius 1 is 1.20 bits per heavy atom. The Hall–Kier alpha value is -2.62. The maximum atomic E-state index is 13.1. The molecule has 2 fully saturated rings. The molecule has 6 nitrogen and oxygen atoms in total. The summed E-state index contributed by atoms with van der Waals surface area (Å²) in [6, 6.07) is 8.94. The van der Waals surface area contributed by atoms with Gasteiger partial charge in [-0.25, -0.2) is 0 Å². The SMILES string of the molecule is CC1(C)CC=C(c2cc(C3(N4CCOCC4)CCCC3)ccc2NC(=O)C2=CC(C#N)CN2)CC1. The highest BCUT2D eigenvalue weighted by atomic mass is 16.5. The average molecular weight is 475 g/mol. The zero-order valence-corrected chi connectivity index (χ0v) is 21.2. The number of hydrogen-bond acceptors (Lipinski definition) is 5. The van der Waals surface area contributed by atoms with Gasteiger partial charge in [-0.15, -0.1) is 0 Å². The Bertz CT molecular complexity index is 1070. The second kappa shape index (κ2) is 9.79. The predicted molar refractivity (Wildman–Crippen MR) is 138 cm³/mol. The van der Waals surface area contributed by atoms with Gasteiger partial charge in [-0.1, -0.05) is 38.8 Å². The molecule has 6 heteroatoms. The molecule has 1 saturated heterocycles. The van der Waals surface area contributed by atoms with E-state index < -0.39 is 0 Å². The van der Waals surface area contributed by atoms with Gasteiger partial charge >= 0.3 is 0 Å². The number of ether oxygens (including phenoxy) is 1. The van der Waals surface area contributed by atoms with E-state index in [1.165, 1.54) is 36.8 Å². The van der Waals surface area contributed by atoms with Gasteiger partial charge in [-0.3, -0.25) is 9.69 Å². The Labute approximate surface area is 209 Å². The minimum Gasteiger partial charge on any atom is -0.379 e. The molecule has 0 spiro atoms. The summed E-state index contributed by atoms with van der Waals surface area (Å²) in [5.41, 5.74) is 5.59. The third kappa shape index (κ3) is 4.90. The Balaban J connectivity index is 1.51. The smallest absolute Gasteiger partial charge is 0.271 e. The van der Waals surface area contributed by atoms with Gasteiger partial charge in [-0.2, -0.15) is 5.26 Å². The number of nitriles is 1. The van der Waals surface area contributed by atoms with Crippen LogP contribution in [0.25, 0.3) is 5.57 Å². The van der Waals surface area contributed by atoms with Crippen LogP contribution in [0.1, 0.15) is 69.9 Å². The molecule has 1 saturated carbocycles. The van der Waals surface area contributed by atoms with E-state index in [1.807, 2.05) is 0 Å². The van der Waals surface area contributed by atoms with Gasteiger partial charge in [0.05, 0.1) is 30.9 Å². The second-order valence-electron chi connectivity index (χ2n) is 11.3. The van der Waals surface area contributed by atoms with Gasteiger partial charge in [0.25, 0.3) is 5.91 Å². The van der Waals surface area contributed by atoms with Crippen molar-refractivity contribution >= 4 is 17.2 Å². The molecule has 0 bridgehead atoms. The molecule has 2 N–H and O–H groups in total. The van der Waals surface area contributed by atoms with Crippen molar-refractivity contribution in [2.75, 3.05) is 38.2 Å². The highest BCUT2D eigenvalue weighted by Gasteiger charge is 2.42. The number of benzene rings is 1. The van der Waals surface area contributed by atoms with Crippen LogP contribution in [0.2, 0.25) is 0 Å². The number of nitrogens with zero attached hydrogens (tertiary/aromatic N) is 2. The minimum absolute atomic E-state index is 0.0606. The molecule has 4 aliphatic rings. The Morgan fingerprint density at radius 3 is 2.63 bits per heavy atom.